The molecule has 0 unspecified atom stereocenters. The second-order valence-electron chi connectivity index (χ2n) is 5.56. The van der Waals surface area contributed by atoms with E-state index in [1.54, 1.807) is 24.3 Å². The van der Waals surface area contributed by atoms with Crippen molar-refractivity contribution in [2.75, 3.05) is 11.0 Å². The van der Waals surface area contributed by atoms with E-state index in [-0.39, 0.29) is 11.9 Å². The lowest BCUT2D eigenvalue weighted by atomic mass is 10.1. The third-order valence-corrected chi connectivity index (χ3v) is 3.98. The van der Waals surface area contributed by atoms with Crippen LogP contribution in [0.15, 0.2) is 48.5 Å². The Hall–Kier alpha value is -2.34. The number of amides is 1. The molecule has 0 aliphatic carbocycles. The highest BCUT2D eigenvalue weighted by molar-refractivity contribution is 7.92. The number of anilines is 1. The lowest BCUT2D eigenvalue weighted by Crippen LogP contribution is -2.26. The van der Waals surface area contributed by atoms with E-state index in [1.165, 1.54) is 5.56 Å². The molecule has 0 spiro atoms. The van der Waals surface area contributed by atoms with Crippen LogP contribution in [0.1, 0.15) is 34.5 Å². The van der Waals surface area contributed by atoms with Crippen molar-refractivity contribution in [3.8, 4) is 0 Å². The summed E-state index contributed by atoms with van der Waals surface area (Å²) in [6.07, 6.45) is 1.08. The Morgan fingerprint density at radius 1 is 1.00 bits per heavy atom. The van der Waals surface area contributed by atoms with E-state index in [1.807, 2.05) is 38.1 Å². The van der Waals surface area contributed by atoms with Crippen LogP contribution in [0, 0.1) is 6.92 Å². The van der Waals surface area contributed by atoms with Crippen LogP contribution in [-0.4, -0.2) is 20.6 Å². The molecule has 0 saturated carbocycles. The molecule has 0 radical (unpaired) electrons. The van der Waals surface area contributed by atoms with Crippen LogP contribution in [0.3, 0.4) is 0 Å². The Kier molecular flexibility index (Phi) is 5.05. The minimum absolute atomic E-state index is 0.114. The highest BCUT2D eigenvalue weighted by Crippen LogP contribution is 2.15. The SMILES string of the molecule is Cc1ccc([C@@H](C)NC(=O)c2ccc(NS(C)(=O)=O)cc2)cc1. The molecule has 1 atom stereocenters. The summed E-state index contributed by atoms with van der Waals surface area (Å²) in [4.78, 5) is 12.2. The van der Waals surface area contributed by atoms with E-state index in [2.05, 4.69) is 10.0 Å². The summed E-state index contributed by atoms with van der Waals surface area (Å²) in [5.41, 5.74) is 3.10. The molecule has 0 aromatic heterocycles. The van der Waals surface area contributed by atoms with Crippen molar-refractivity contribution in [2.45, 2.75) is 19.9 Å². The standard InChI is InChI=1S/C17H20N2O3S/c1-12-4-6-14(7-5-12)13(2)18-17(20)15-8-10-16(11-9-15)19-23(3,21)22/h4-11,13,19H,1-3H3,(H,18,20)/t13-/m1/s1. The van der Waals surface area contributed by atoms with Crippen molar-refractivity contribution in [2.24, 2.45) is 0 Å². The average Bonchev–Trinajstić information content (AvgIpc) is 2.46. The van der Waals surface area contributed by atoms with Crippen LogP contribution in [0.5, 0.6) is 0 Å². The van der Waals surface area contributed by atoms with Crippen LogP contribution in [0.4, 0.5) is 5.69 Å². The van der Waals surface area contributed by atoms with Crippen LogP contribution >= 0.6 is 0 Å². The van der Waals surface area contributed by atoms with Crippen molar-refractivity contribution in [1.82, 2.24) is 5.32 Å². The maximum absolute atomic E-state index is 12.2. The molecule has 0 fully saturated rings. The van der Waals surface area contributed by atoms with Crippen molar-refractivity contribution < 1.29 is 13.2 Å². The first-order chi connectivity index (χ1) is 10.7. The number of nitrogens with one attached hydrogen (secondary N) is 2. The minimum Gasteiger partial charge on any atom is -0.346 e. The zero-order valence-corrected chi connectivity index (χ0v) is 14.1. The number of hydrogen-bond donors (Lipinski definition) is 2. The van der Waals surface area contributed by atoms with Crippen molar-refractivity contribution in [3.05, 3.63) is 65.2 Å². The molecule has 2 rings (SSSR count). The number of carbonyl (C=O) groups is 1. The number of aryl methyl sites for hydroxylation is 1. The first kappa shape index (κ1) is 17.0. The van der Waals surface area contributed by atoms with Crippen LogP contribution < -0.4 is 10.0 Å². The molecule has 2 N–H and O–H groups in total. The molecular formula is C17H20N2O3S. The maximum atomic E-state index is 12.2. The molecule has 0 saturated heterocycles. The summed E-state index contributed by atoms with van der Waals surface area (Å²) in [6, 6.07) is 14.2. The fourth-order valence-electron chi connectivity index (χ4n) is 2.12. The molecule has 0 heterocycles. The molecule has 2 aromatic rings. The van der Waals surface area contributed by atoms with Crippen LogP contribution in [-0.2, 0) is 10.0 Å². The van der Waals surface area contributed by atoms with Gasteiger partial charge in [-0.2, -0.15) is 0 Å². The molecule has 23 heavy (non-hydrogen) atoms. The molecule has 1 amide bonds. The average molecular weight is 332 g/mol. The van der Waals surface area contributed by atoms with Gasteiger partial charge in [0.1, 0.15) is 0 Å². The smallest absolute Gasteiger partial charge is 0.251 e. The molecule has 0 aliphatic rings. The third kappa shape index (κ3) is 5.10. The van der Waals surface area contributed by atoms with Gasteiger partial charge in [-0.05, 0) is 43.7 Å². The lowest BCUT2D eigenvalue weighted by molar-refractivity contribution is 0.0940. The molecule has 122 valence electrons. The fourth-order valence-corrected chi connectivity index (χ4v) is 2.69. The highest BCUT2D eigenvalue weighted by atomic mass is 32.2. The normalized spacial score (nSPS) is 12.5. The quantitative estimate of drug-likeness (QED) is 0.884. The van der Waals surface area contributed by atoms with E-state index in [0.29, 0.717) is 11.3 Å². The van der Waals surface area contributed by atoms with Gasteiger partial charge in [-0.1, -0.05) is 29.8 Å². The number of carbonyl (C=O) groups excluding carboxylic acids is 1. The van der Waals surface area contributed by atoms with Gasteiger partial charge in [-0.3, -0.25) is 9.52 Å². The van der Waals surface area contributed by atoms with E-state index >= 15 is 0 Å². The topological polar surface area (TPSA) is 75.3 Å². The predicted molar refractivity (Wildman–Crippen MR) is 92.0 cm³/mol. The summed E-state index contributed by atoms with van der Waals surface area (Å²) < 4.78 is 24.7. The van der Waals surface area contributed by atoms with Crippen molar-refractivity contribution >= 4 is 21.6 Å². The summed E-state index contributed by atoms with van der Waals surface area (Å²) in [5, 5.41) is 2.92. The number of rotatable bonds is 5. The molecule has 0 aliphatic heterocycles. The fraction of sp³-hybridized carbons (Fsp3) is 0.235. The van der Waals surface area contributed by atoms with Gasteiger partial charge in [-0.25, -0.2) is 8.42 Å². The van der Waals surface area contributed by atoms with E-state index in [9.17, 15) is 13.2 Å². The molecule has 2 aromatic carbocycles. The van der Waals surface area contributed by atoms with Crippen LogP contribution in [0.25, 0.3) is 0 Å². The number of sulfonamides is 1. The second-order valence-corrected chi connectivity index (χ2v) is 7.31. The van der Waals surface area contributed by atoms with Gasteiger partial charge in [0.2, 0.25) is 10.0 Å². The molecular weight excluding hydrogens is 312 g/mol. The van der Waals surface area contributed by atoms with Gasteiger partial charge in [-0.15, -0.1) is 0 Å². The Morgan fingerprint density at radius 2 is 1.57 bits per heavy atom. The Labute approximate surface area is 136 Å². The van der Waals surface area contributed by atoms with Gasteiger partial charge >= 0.3 is 0 Å². The van der Waals surface area contributed by atoms with E-state index in [0.717, 1.165) is 11.8 Å². The number of benzene rings is 2. The minimum atomic E-state index is -3.32. The third-order valence-electron chi connectivity index (χ3n) is 3.38. The summed E-state index contributed by atoms with van der Waals surface area (Å²) in [7, 11) is -3.32. The molecule has 6 heteroatoms. The van der Waals surface area contributed by atoms with Crippen molar-refractivity contribution in [3.63, 3.8) is 0 Å². The highest BCUT2D eigenvalue weighted by Gasteiger charge is 2.11. The number of hydrogen-bond acceptors (Lipinski definition) is 3. The molecule has 5 nitrogen and oxygen atoms in total. The summed E-state index contributed by atoms with van der Waals surface area (Å²) in [6.45, 7) is 3.93. The maximum Gasteiger partial charge on any atom is 0.251 e. The first-order valence-corrected chi connectivity index (χ1v) is 9.09. The first-order valence-electron chi connectivity index (χ1n) is 7.20. The lowest BCUT2D eigenvalue weighted by Gasteiger charge is -2.15. The van der Waals surface area contributed by atoms with Crippen molar-refractivity contribution in [1.29, 1.82) is 0 Å². The summed E-state index contributed by atoms with van der Waals surface area (Å²) >= 11 is 0. The zero-order chi connectivity index (χ0) is 17.0. The van der Waals surface area contributed by atoms with Crippen LogP contribution in [0.2, 0.25) is 0 Å². The van der Waals surface area contributed by atoms with Gasteiger partial charge in [0.15, 0.2) is 0 Å². The monoisotopic (exact) mass is 332 g/mol. The van der Waals surface area contributed by atoms with E-state index < -0.39 is 10.0 Å². The zero-order valence-electron chi connectivity index (χ0n) is 13.3. The Balaban J connectivity index is 2.04. The predicted octanol–water partition coefficient (Wildman–Crippen LogP) is 2.86. The van der Waals surface area contributed by atoms with Gasteiger partial charge < -0.3 is 5.32 Å². The summed E-state index contributed by atoms with van der Waals surface area (Å²) in [5.74, 6) is -0.205. The van der Waals surface area contributed by atoms with Gasteiger partial charge in [0.25, 0.3) is 5.91 Å². The largest absolute Gasteiger partial charge is 0.346 e. The van der Waals surface area contributed by atoms with E-state index in [4.69, 9.17) is 0 Å². The van der Waals surface area contributed by atoms with Gasteiger partial charge in [0, 0.05) is 11.3 Å². The Bertz CT molecular complexity index is 782. The van der Waals surface area contributed by atoms with Gasteiger partial charge in [0.05, 0.1) is 12.3 Å². The molecule has 0 bridgehead atoms. The Morgan fingerprint density at radius 3 is 2.09 bits per heavy atom. The second kappa shape index (κ2) is 6.83.